The molecule has 2 aromatic carbocycles. The monoisotopic (exact) mass is 434 g/mol. The quantitative estimate of drug-likeness (QED) is 0.645. The number of anilines is 1. The van der Waals surface area contributed by atoms with Crippen LogP contribution in [0.4, 0.5) is 10.2 Å². The lowest BCUT2D eigenvalue weighted by atomic mass is 9.97. The highest BCUT2D eigenvalue weighted by Gasteiger charge is 2.26. The highest BCUT2D eigenvalue weighted by Crippen LogP contribution is 2.22. The van der Waals surface area contributed by atoms with Gasteiger partial charge in [-0.2, -0.15) is 4.68 Å². The molecule has 1 aromatic heterocycles. The first kappa shape index (κ1) is 21.7. The number of carbonyl (C=O) groups excluding carboxylic acids is 1. The van der Waals surface area contributed by atoms with Crippen LogP contribution < -0.4 is 15.8 Å². The normalized spacial score (nSPS) is 16.1. The predicted octanol–water partition coefficient (Wildman–Crippen LogP) is 3.47. The average molecular weight is 435 g/mol. The summed E-state index contributed by atoms with van der Waals surface area (Å²) in [6.45, 7) is 3.92. The van der Waals surface area contributed by atoms with E-state index in [4.69, 9.17) is 0 Å². The zero-order valence-electron chi connectivity index (χ0n) is 18.1. The second-order valence-electron chi connectivity index (χ2n) is 8.09. The SMILES string of the molecule is CCc1ccc(CNC(=O)[C@@H]2CCCN(c3ccc(=O)n(-c4ccc(F)cc4)n3)C2)cc1. The molecule has 0 radical (unpaired) electrons. The summed E-state index contributed by atoms with van der Waals surface area (Å²) in [5, 5.41) is 7.53. The van der Waals surface area contributed by atoms with Gasteiger partial charge >= 0.3 is 0 Å². The van der Waals surface area contributed by atoms with Crippen molar-refractivity contribution in [2.24, 2.45) is 5.92 Å². The number of benzene rings is 2. The minimum Gasteiger partial charge on any atom is -0.354 e. The summed E-state index contributed by atoms with van der Waals surface area (Å²) in [5.41, 5.74) is 2.56. The van der Waals surface area contributed by atoms with Gasteiger partial charge in [0.2, 0.25) is 5.91 Å². The van der Waals surface area contributed by atoms with Gasteiger partial charge in [0.05, 0.1) is 11.6 Å². The Morgan fingerprint density at radius 1 is 1.06 bits per heavy atom. The molecule has 1 saturated heterocycles. The van der Waals surface area contributed by atoms with Crippen LogP contribution in [-0.4, -0.2) is 28.8 Å². The zero-order valence-corrected chi connectivity index (χ0v) is 18.1. The number of piperidine rings is 1. The van der Waals surface area contributed by atoms with Gasteiger partial charge in [-0.05, 0) is 60.7 Å². The van der Waals surface area contributed by atoms with Crippen LogP contribution in [0, 0.1) is 11.7 Å². The van der Waals surface area contributed by atoms with Crippen molar-refractivity contribution in [1.82, 2.24) is 15.1 Å². The molecule has 4 rings (SSSR count). The molecule has 0 unspecified atom stereocenters. The fourth-order valence-corrected chi connectivity index (χ4v) is 3.96. The van der Waals surface area contributed by atoms with E-state index in [-0.39, 0.29) is 23.2 Å². The van der Waals surface area contributed by atoms with Crippen LogP contribution in [-0.2, 0) is 17.8 Å². The zero-order chi connectivity index (χ0) is 22.5. The van der Waals surface area contributed by atoms with Crippen LogP contribution in [0.1, 0.15) is 30.9 Å². The van der Waals surface area contributed by atoms with Crippen LogP contribution in [0.25, 0.3) is 5.69 Å². The molecule has 32 heavy (non-hydrogen) atoms. The summed E-state index contributed by atoms with van der Waals surface area (Å²) in [5.74, 6) is 0.138. The number of halogens is 1. The Morgan fingerprint density at radius 3 is 2.50 bits per heavy atom. The Bertz CT molecular complexity index is 1130. The molecule has 0 spiro atoms. The number of hydrogen-bond donors (Lipinski definition) is 1. The molecule has 1 fully saturated rings. The Kier molecular flexibility index (Phi) is 6.63. The minimum absolute atomic E-state index is 0.0288. The van der Waals surface area contributed by atoms with Gasteiger partial charge in [0.15, 0.2) is 0 Å². The highest BCUT2D eigenvalue weighted by atomic mass is 19.1. The van der Waals surface area contributed by atoms with Crippen molar-refractivity contribution >= 4 is 11.7 Å². The second-order valence-corrected chi connectivity index (χ2v) is 8.09. The van der Waals surface area contributed by atoms with E-state index in [0.717, 1.165) is 31.4 Å². The average Bonchev–Trinajstić information content (AvgIpc) is 2.84. The van der Waals surface area contributed by atoms with E-state index in [0.29, 0.717) is 24.6 Å². The van der Waals surface area contributed by atoms with Gasteiger partial charge in [0, 0.05) is 25.7 Å². The summed E-state index contributed by atoms with van der Waals surface area (Å²) in [6.07, 6.45) is 2.67. The number of aryl methyl sites for hydroxylation is 1. The fraction of sp³-hybridized carbons (Fsp3) is 0.320. The van der Waals surface area contributed by atoms with Gasteiger partial charge in [-0.15, -0.1) is 5.10 Å². The van der Waals surface area contributed by atoms with E-state index >= 15 is 0 Å². The van der Waals surface area contributed by atoms with Crippen molar-refractivity contribution in [3.8, 4) is 5.69 Å². The molecule has 1 aliphatic heterocycles. The molecule has 0 aliphatic carbocycles. The number of carbonyl (C=O) groups is 1. The van der Waals surface area contributed by atoms with Crippen LogP contribution in [0.5, 0.6) is 0 Å². The Labute approximate surface area is 186 Å². The van der Waals surface area contributed by atoms with Crippen molar-refractivity contribution < 1.29 is 9.18 Å². The molecule has 6 nitrogen and oxygen atoms in total. The summed E-state index contributed by atoms with van der Waals surface area (Å²) in [6, 6.07) is 17.1. The minimum atomic E-state index is -0.371. The van der Waals surface area contributed by atoms with Crippen molar-refractivity contribution in [3.63, 3.8) is 0 Å². The number of nitrogens with one attached hydrogen (secondary N) is 1. The fourth-order valence-electron chi connectivity index (χ4n) is 3.96. The van der Waals surface area contributed by atoms with Gasteiger partial charge in [0.1, 0.15) is 11.6 Å². The molecule has 1 amide bonds. The molecule has 0 bridgehead atoms. The molecule has 0 saturated carbocycles. The summed E-state index contributed by atoms with van der Waals surface area (Å²) in [4.78, 5) is 27.1. The number of aromatic nitrogens is 2. The van der Waals surface area contributed by atoms with Crippen LogP contribution in [0.2, 0.25) is 0 Å². The van der Waals surface area contributed by atoms with Crippen molar-refractivity contribution in [1.29, 1.82) is 0 Å². The molecule has 2 heterocycles. The topological polar surface area (TPSA) is 67.2 Å². The lowest BCUT2D eigenvalue weighted by molar-refractivity contribution is -0.125. The van der Waals surface area contributed by atoms with Crippen LogP contribution >= 0.6 is 0 Å². The van der Waals surface area contributed by atoms with Crippen LogP contribution in [0.15, 0.2) is 65.5 Å². The van der Waals surface area contributed by atoms with E-state index in [2.05, 4.69) is 41.6 Å². The van der Waals surface area contributed by atoms with Crippen LogP contribution in [0.3, 0.4) is 0 Å². The first-order chi connectivity index (χ1) is 15.5. The third kappa shape index (κ3) is 5.04. The Hall–Kier alpha value is -3.48. The molecule has 1 aliphatic rings. The van der Waals surface area contributed by atoms with Gasteiger partial charge in [-0.3, -0.25) is 9.59 Å². The van der Waals surface area contributed by atoms with Gasteiger partial charge < -0.3 is 10.2 Å². The number of amides is 1. The largest absolute Gasteiger partial charge is 0.354 e. The molecular formula is C25H27FN4O2. The third-order valence-corrected chi connectivity index (χ3v) is 5.87. The lowest BCUT2D eigenvalue weighted by Gasteiger charge is -2.33. The molecule has 3 aromatic rings. The standard InChI is InChI=1S/C25H27FN4O2/c1-2-18-5-7-19(8-6-18)16-27-25(32)20-4-3-15-29(17-20)23-13-14-24(31)30(28-23)22-11-9-21(26)10-12-22/h5-14,20H,2-4,15-17H2,1H3,(H,27,32)/t20-/m1/s1. The van der Waals surface area contributed by atoms with E-state index in [1.807, 2.05) is 4.90 Å². The first-order valence-electron chi connectivity index (χ1n) is 11.0. The smallest absolute Gasteiger partial charge is 0.271 e. The first-order valence-corrected chi connectivity index (χ1v) is 11.0. The maximum absolute atomic E-state index is 13.2. The van der Waals surface area contributed by atoms with Gasteiger partial charge in [0.25, 0.3) is 5.56 Å². The lowest BCUT2D eigenvalue weighted by Crippen LogP contribution is -2.43. The third-order valence-electron chi connectivity index (χ3n) is 5.87. The van der Waals surface area contributed by atoms with Crippen molar-refractivity contribution in [3.05, 3.63) is 88.0 Å². The van der Waals surface area contributed by atoms with Gasteiger partial charge in [-0.1, -0.05) is 31.2 Å². The van der Waals surface area contributed by atoms with Crippen molar-refractivity contribution in [2.75, 3.05) is 18.0 Å². The summed E-state index contributed by atoms with van der Waals surface area (Å²) < 4.78 is 14.5. The molecule has 1 atom stereocenters. The molecule has 7 heteroatoms. The van der Waals surface area contributed by atoms with E-state index < -0.39 is 0 Å². The molecule has 1 N–H and O–H groups in total. The predicted molar refractivity (Wildman–Crippen MR) is 122 cm³/mol. The maximum atomic E-state index is 13.2. The second kappa shape index (κ2) is 9.77. The summed E-state index contributed by atoms with van der Waals surface area (Å²) >= 11 is 0. The molecule has 166 valence electrons. The van der Waals surface area contributed by atoms with Crippen molar-refractivity contribution in [2.45, 2.75) is 32.7 Å². The Balaban J connectivity index is 1.43. The maximum Gasteiger partial charge on any atom is 0.271 e. The number of hydrogen-bond acceptors (Lipinski definition) is 4. The molecular weight excluding hydrogens is 407 g/mol. The van der Waals surface area contributed by atoms with E-state index in [9.17, 15) is 14.0 Å². The number of nitrogens with zero attached hydrogens (tertiary/aromatic N) is 3. The Morgan fingerprint density at radius 2 is 1.78 bits per heavy atom. The summed E-state index contributed by atoms with van der Waals surface area (Å²) in [7, 11) is 0. The highest BCUT2D eigenvalue weighted by molar-refractivity contribution is 5.79. The number of rotatable bonds is 6. The van der Waals surface area contributed by atoms with E-state index in [1.54, 1.807) is 6.07 Å². The van der Waals surface area contributed by atoms with E-state index in [1.165, 1.54) is 40.6 Å². The van der Waals surface area contributed by atoms with Gasteiger partial charge in [-0.25, -0.2) is 4.39 Å².